The fourth-order valence-corrected chi connectivity index (χ4v) is 10.5. The predicted molar refractivity (Wildman–Crippen MR) is 267 cm³/mol. The van der Waals surface area contributed by atoms with E-state index in [0.29, 0.717) is 0 Å². The van der Waals surface area contributed by atoms with Gasteiger partial charge in [-0.3, -0.25) is 0 Å². The molecule has 0 saturated carbocycles. The number of hydrogen-bond acceptors (Lipinski definition) is 3. The zero-order valence-corrected chi connectivity index (χ0v) is 35.5. The number of hydrogen-bond donors (Lipinski definition) is 0. The minimum Gasteiger partial charge on any atom is -0.456 e. The number of nitrogens with zero attached hydrogens (tertiary/aromatic N) is 1. The van der Waals surface area contributed by atoms with Gasteiger partial charge in [0.1, 0.15) is 22.3 Å². The van der Waals surface area contributed by atoms with Gasteiger partial charge in [0.15, 0.2) is 0 Å². The number of furan rings is 2. The molecule has 3 heteroatoms. The second kappa shape index (κ2) is 13.9. The molecule has 302 valence electrons. The first kappa shape index (κ1) is 36.5. The van der Waals surface area contributed by atoms with Crippen LogP contribution in [0.5, 0.6) is 0 Å². The van der Waals surface area contributed by atoms with Crippen LogP contribution < -0.4 is 4.90 Å². The highest BCUT2D eigenvalue weighted by molar-refractivity contribution is 6.27. The summed E-state index contributed by atoms with van der Waals surface area (Å²) < 4.78 is 13.3. The third-order valence-electron chi connectivity index (χ3n) is 13.7. The van der Waals surface area contributed by atoms with Crippen molar-refractivity contribution in [1.29, 1.82) is 0 Å². The van der Waals surface area contributed by atoms with Crippen molar-refractivity contribution in [3.05, 3.63) is 223 Å². The van der Waals surface area contributed by atoms with E-state index < -0.39 is 0 Å². The lowest BCUT2D eigenvalue weighted by Gasteiger charge is -2.28. The van der Waals surface area contributed by atoms with Gasteiger partial charge in [-0.2, -0.15) is 0 Å². The zero-order valence-electron chi connectivity index (χ0n) is 35.5. The fourth-order valence-electron chi connectivity index (χ4n) is 10.5. The van der Waals surface area contributed by atoms with Crippen LogP contribution in [0.1, 0.15) is 25.0 Å². The normalized spacial score (nSPS) is 13.0. The molecule has 3 nitrogen and oxygen atoms in total. The quantitative estimate of drug-likeness (QED) is 0.167. The van der Waals surface area contributed by atoms with Crippen molar-refractivity contribution in [2.75, 3.05) is 4.90 Å². The average Bonchev–Trinajstić information content (AvgIpc) is 3.99. The molecule has 64 heavy (non-hydrogen) atoms. The molecular weight excluding hydrogens is 779 g/mol. The maximum absolute atomic E-state index is 6.98. The molecule has 0 N–H and O–H groups in total. The smallest absolute Gasteiger partial charge is 0.143 e. The van der Waals surface area contributed by atoms with Crippen molar-refractivity contribution >= 4 is 71.7 Å². The van der Waals surface area contributed by atoms with Crippen LogP contribution in [0.2, 0.25) is 0 Å². The van der Waals surface area contributed by atoms with E-state index >= 15 is 0 Å². The van der Waals surface area contributed by atoms with Crippen LogP contribution >= 0.6 is 0 Å². The Morgan fingerprint density at radius 3 is 1.77 bits per heavy atom. The van der Waals surface area contributed by atoms with Crippen molar-refractivity contribution in [2.45, 2.75) is 19.3 Å². The molecule has 0 bridgehead atoms. The highest BCUT2D eigenvalue weighted by Gasteiger charge is 2.36. The van der Waals surface area contributed by atoms with E-state index in [1.54, 1.807) is 0 Å². The van der Waals surface area contributed by atoms with Crippen LogP contribution in [0.15, 0.2) is 221 Å². The van der Waals surface area contributed by atoms with E-state index in [2.05, 4.69) is 213 Å². The van der Waals surface area contributed by atoms with Gasteiger partial charge in [-0.25, -0.2) is 0 Å². The second-order valence-corrected chi connectivity index (χ2v) is 17.6. The molecule has 0 spiro atoms. The largest absolute Gasteiger partial charge is 0.456 e. The minimum atomic E-state index is -0.125. The summed E-state index contributed by atoms with van der Waals surface area (Å²) in [6, 6.07) is 76.7. The lowest BCUT2D eigenvalue weighted by atomic mass is 9.82. The lowest BCUT2D eigenvalue weighted by molar-refractivity contribution is 0.660. The molecule has 2 heterocycles. The van der Waals surface area contributed by atoms with Crippen molar-refractivity contribution < 1.29 is 8.83 Å². The molecule has 2 aromatic heterocycles. The van der Waals surface area contributed by atoms with E-state index in [4.69, 9.17) is 8.83 Å². The van der Waals surface area contributed by atoms with Gasteiger partial charge < -0.3 is 13.7 Å². The summed E-state index contributed by atoms with van der Waals surface area (Å²) in [4.78, 5) is 2.39. The van der Waals surface area contributed by atoms with Gasteiger partial charge in [0.05, 0.1) is 0 Å². The van der Waals surface area contributed by atoms with Crippen LogP contribution in [0.4, 0.5) is 17.1 Å². The molecule has 0 fully saturated rings. The predicted octanol–water partition coefficient (Wildman–Crippen LogP) is 17.4. The molecule has 0 unspecified atom stereocenters. The third kappa shape index (κ3) is 5.54. The summed E-state index contributed by atoms with van der Waals surface area (Å²) in [7, 11) is 0. The molecule has 0 atom stereocenters. The molecule has 0 saturated heterocycles. The van der Waals surface area contributed by atoms with Crippen LogP contribution in [-0.4, -0.2) is 0 Å². The number of para-hydroxylation sites is 1. The van der Waals surface area contributed by atoms with Gasteiger partial charge in [-0.05, 0) is 128 Å². The lowest BCUT2D eigenvalue weighted by Crippen LogP contribution is -2.16. The van der Waals surface area contributed by atoms with E-state index in [1.165, 1.54) is 44.2 Å². The molecule has 12 aromatic rings. The van der Waals surface area contributed by atoms with Crippen molar-refractivity contribution in [3.8, 4) is 44.5 Å². The average molecular weight is 820 g/mol. The summed E-state index contributed by atoms with van der Waals surface area (Å²) in [5, 5.41) is 6.72. The molecule has 0 amide bonds. The molecule has 10 aromatic carbocycles. The summed E-state index contributed by atoms with van der Waals surface area (Å²) in [6.45, 7) is 4.70. The minimum absolute atomic E-state index is 0.125. The highest BCUT2D eigenvalue weighted by Crippen LogP contribution is 2.51. The van der Waals surface area contributed by atoms with Crippen molar-refractivity contribution in [2.24, 2.45) is 0 Å². The zero-order chi connectivity index (χ0) is 42.5. The topological polar surface area (TPSA) is 29.5 Å². The maximum Gasteiger partial charge on any atom is 0.143 e. The van der Waals surface area contributed by atoms with Crippen LogP contribution in [-0.2, 0) is 5.41 Å². The number of anilines is 3. The molecule has 0 aliphatic heterocycles. The number of fused-ring (bicyclic) bond motifs is 11. The summed E-state index contributed by atoms with van der Waals surface area (Å²) in [6.07, 6.45) is 0. The molecule has 1 aliphatic carbocycles. The summed E-state index contributed by atoms with van der Waals surface area (Å²) in [5.41, 5.74) is 18.8. The Morgan fingerprint density at radius 2 is 0.953 bits per heavy atom. The van der Waals surface area contributed by atoms with Gasteiger partial charge >= 0.3 is 0 Å². The van der Waals surface area contributed by atoms with Crippen molar-refractivity contribution in [3.63, 3.8) is 0 Å². The summed E-state index contributed by atoms with van der Waals surface area (Å²) in [5.74, 6) is 0. The molecule has 0 radical (unpaired) electrons. The Balaban J connectivity index is 0.985. The van der Waals surface area contributed by atoms with E-state index in [-0.39, 0.29) is 5.41 Å². The standard InChI is InChI=1S/C61H41NO2/c1-61(2)52-18-10-8-16-48(52)49-31-30-46(37-53(49)61)62(44-26-22-40(23-27-44)38-12-4-3-5-13-38)45-28-24-41(25-29-45)47-32-33-51-59-56(35-34-55-58(59)50-17-9-11-19-54(50)63-55)64-60(51)57(47)43-21-20-39-14-6-7-15-42(39)36-43/h3-37H,1-2H3. The number of benzene rings is 10. The molecule has 1 aliphatic rings. The Morgan fingerprint density at radius 1 is 0.359 bits per heavy atom. The van der Waals surface area contributed by atoms with Crippen LogP contribution in [0, 0.1) is 0 Å². The van der Waals surface area contributed by atoms with Gasteiger partial charge in [0.25, 0.3) is 0 Å². The van der Waals surface area contributed by atoms with Gasteiger partial charge in [0.2, 0.25) is 0 Å². The Hall–Kier alpha value is -8.14. The first-order chi connectivity index (χ1) is 31.5. The first-order valence-corrected chi connectivity index (χ1v) is 22.1. The van der Waals surface area contributed by atoms with Gasteiger partial charge in [-0.15, -0.1) is 0 Å². The summed E-state index contributed by atoms with van der Waals surface area (Å²) >= 11 is 0. The molecule has 13 rings (SSSR count). The van der Waals surface area contributed by atoms with E-state index in [1.807, 2.05) is 18.2 Å². The van der Waals surface area contributed by atoms with E-state index in [9.17, 15) is 0 Å². The SMILES string of the molecule is CC1(C)c2ccccc2-c2ccc(N(c3ccc(-c4ccccc4)cc3)c3ccc(-c4ccc5c(oc6ccc7oc8ccccc8c7c65)c4-c4ccc5ccccc5c4)cc3)cc21. The van der Waals surface area contributed by atoms with Gasteiger partial charge in [-0.1, -0.05) is 159 Å². The molecular formula is C61H41NO2. The third-order valence-corrected chi connectivity index (χ3v) is 13.7. The number of rotatable bonds is 6. The van der Waals surface area contributed by atoms with Crippen molar-refractivity contribution in [1.82, 2.24) is 0 Å². The van der Waals surface area contributed by atoms with E-state index in [0.717, 1.165) is 83.2 Å². The van der Waals surface area contributed by atoms with Crippen LogP contribution in [0.25, 0.3) is 99.2 Å². The first-order valence-electron chi connectivity index (χ1n) is 22.1. The maximum atomic E-state index is 6.98. The second-order valence-electron chi connectivity index (χ2n) is 17.6. The Bertz CT molecular complexity index is 3800. The van der Waals surface area contributed by atoms with Gasteiger partial charge in [0, 0.05) is 49.6 Å². The Labute approximate surface area is 371 Å². The highest BCUT2D eigenvalue weighted by atomic mass is 16.3. The van der Waals surface area contributed by atoms with Crippen LogP contribution in [0.3, 0.4) is 0 Å². The Kier molecular flexibility index (Phi) is 7.95. The fraction of sp³-hybridized carbons (Fsp3) is 0.0492. The monoisotopic (exact) mass is 819 g/mol.